The number of likely N-dealkylation sites (tertiary alicyclic amines) is 1. The van der Waals surface area contributed by atoms with Crippen LogP contribution in [0.4, 0.5) is 0 Å². The van der Waals surface area contributed by atoms with Crippen LogP contribution >= 0.6 is 0 Å². The first-order valence-electron chi connectivity index (χ1n) is 13.4. The van der Waals surface area contributed by atoms with Crippen molar-refractivity contribution in [3.05, 3.63) is 108 Å². The Bertz CT molecular complexity index is 1380. The molecule has 0 unspecified atom stereocenters. The molecule has 4 aromatic rings. The molecule has 39 heavy (non-hydrogen) atoms. The van der Waals surface area contributed by atoms with E-state index in [4.69, 9.17) is 15.2 Å². The zero-order chi connectivity index (χ0) is 27.0. The monoisotopic (exact) mass is 526 g/mol. The summed E-state index contributed by atoms with van der Waals surface area (Å²) in [4.78, 5) is 19.4. The third-order valence-corrected chi connectivity index (χ3v) is 7.35. The number of piperidine rings is 1. The van der Waals surface area contributed by atoms with Gasteiger partial charge in [-0.05, 0) is 51.9 Å². The van der Waals surface area contributed by atoms with Gasteiger partial charge in [0, 0.05) is 25.4 Å². The van der Waals surface area contributed by atoms with E-state index in [1.807, 2.05) is 35.2 Å². The number of hydrogen-bond acceptors (Lipinski definition) is 6. The summed E-state index contributed by atoms with van der Waals surface area (Å²) in [6.45, 7) is 1.65. The molecule has 1 saturated heterocycles. The molecule has 7 nitrogen and oxygen atoms in total. The maximum atomic E-state index is 13.0. The maximum Gasteiger partial charge on any atom is 0.222 e. The number of rotatable bonds is 10. The first kappa shape index (κ1) is 27.0. The van der Waals surface area contributed by atoms with E-state index in [-0.39, 0.29) is 36.3 Å². The highest BCUT2D eigenvalue weighted by atomic mass is 17.1. The van der Waals surface area contributed by atoms with Crippen LogP contribution in [-0.4, -0.2) is 52.4 Å². The lowest BCUT2D eigenvalue weighted by Gasteiger charge is -2.39. The normalized spacial score (nSPS) is 17.6. The van der Waals surface area contributed by atoms with Crippen LogP contribution in [0.1, 0.15) is 36.3 Å². The predicted octanol–water partition coefficient (Wildman–Crippen LogP) is 6.20. The molecule has 0 bridgehead atoms. The van der Waals surface area contributed by atoms with Crippen molar-refractivity contribution in [2.45, 2.75) is 37.9 Å². The fourth-order valence-electron chi connectivity index (χ4n) is 5.33. The van der Waals surface area contributed by atoms with Crippen LogP contribution in [0.15, 0.2) is 97.1 Å². The van der Waals surface area contributed by atoms with E-state index in [1.54, 1.807) is 0 Å². The van der Waals surface area contributed by atoms with Crippen LogP contribution < -0.4 is 0 Å². The minimum atomic E-state index is -0.323. The standard InChI is InChI=1S/C32H34N2O5/c35-32(14-7-19-39-34(36)37)33-18-17-30(29-13-6-12-28(21-29)25-8-2-1-3-9-25)31(22-33)38-23-24-15-16-26-10-4-5-11-27(26)20-24/h1-6,8-13,15-16,20-21,30-31,36-37H,7,14,17-19,22-23H2/t30-,31+/m1/s1. The van der Waals surface area contributed by atoms with Crippen molar-refractivity contribution in [1.82, 2.24) is 10.3 Å². The first-order valence-corrected chi connectivity index (χ1v) is 13.4. The molecular weight excluding hydrogens is 492 g/mol. The van der Waals surface area contributed by atoms with E-state index >= 15 is 0 Å². The van der Waals surface area contributed by atoms with Crippen LogP contribution in [0.5, 0.6) is 0 Å². The van der Waals surface area contributed by atoms with Gasteiger partial charge >= 0.3 is 0 Å². The summed E-state index contributed by atoms with van der Waals surface area (Å²) in [7, 11) is 0. The van der Waals surface area contributed by atoms with Crippen LogP contribution in [0.2, 0.25) is 0 Å². The number of nitrogens with zero attached hydrogens (tertiary/aromatic N) is 2. The fraction of sp³-hybridized carbons (Fsp3) is 0.281. The van der Waals surface area contributed by atoms with Crippen LogP contribution in [0, 0.1) is 0 Å². The van der Waals surface area contributed by atoms with Gasteiger partial charge in [0.05, 0.1) is 24.7 Å². The van der Waals surface area contributed by atoms with Gasteiger partial charge in [-0.15, -0.1) is 0 Å². The van der Waals surface area contributed by atoms with Gasteiger partial charge in [0.1, 0.15) is 0 Å². The van der Waals surface area contributed by atoms with Crippen molar-refractivity contribution in [3.63, 3.8) is 0 Å². The number of fused-ring (bicyclic) bond motifs is 1. The highest BCUT2D eigenvalue weighted by Crippen LogP contribution is 2.34. The Balaban J connectivity index is 1.33. The Morgan fingerprint density at radius 1 is 0.872 bits per heavy atom. The largest absolute Gasteiger partial charge is 0.371 e. The number of carbonyl (C=O) groups is 1. The fourth-order valence-corrected chi connectivity index (χ4v) is 5.33. The summed E-state index contributed by atoms with van der Waals surface area (Å²) < 4.78 is 6.58. The van der Waals surface area contributed by atoms with Gasteiger partial charge in [-0.3, -0.25) is 20.0 Å². The third-order valence-electron chi connectivity index (χ3n) is 7.35. The van der Waals surface area contributed by atoms with Crippen molar-refractivity contribution in [2.75, 3.05) is 19.7 Å². The molecule has 1 heterocycles. The van der Waals surface area contributed by atoms with Crippen molar-refractivity contribution in [1.29, 1.82) is 0 Å². The molecule has 1 amide bonds. The molecule has 2 N–H and O–H groups in total. The summed E-state index contributed by atoms with van der Waals surface area (Å²) >= 11 is 0. The zero-order valence-electron chi connectivity index (χ0n) is 21.9. The maximum absolute atomic E-state index is 13.0. The zero-order valence-corrected chi connectivity index (χ0v) is 21.9. The number of amides is 1. The van der Waals surface area contributed by atoms with Crippen LogP contribution in [0.25, 0.3) is 21.9 Å². The summed E-state index contributed by atoms with van der Waals surface area (Å²) in [5, 5.41) is 19.4. The van der Waals surface area contributed by atoms with Crippen molar-refractivity contribution < 1.29 is 24.8 Å². The van der Waals surface area contributed by atoms with Crippen LogP contribution in [-0.2, 0) is 21.0 Å². The molecule has 1 aliphatic rings. The van der Waals surface area contributed by atoms with E-state index < -0.39 is 0 Å². The summed E-state index contributed by atoms with van der Waals surface area (Å²) in [6, 6.07) is 33.6. The molecule has 2 atom stereocenters. The van der Waals surface area contributed by atoms with Gasteiger partial charge in [-0.2, -0.15) is 0 Å². The molecule has 0 aliphatic carbocycles. The molecule has 0 aromatic heterocycles. The quantitative estimate of drug-likeness (QED) is 0.189. The Kier molecular flexibility index (Phi) is 8.98. The van der Waals surface area contributed by atoms with Crippen molar-refractivity contribution in [3.8, 4) is 11.1 Å². The number of carbonyl (C=O) groups excluding carboxylic acids is 1. The number of benzene rings is 4. The number of hydrogen-bond donors (Lipinski definition) is 2. The van der Waals surface area contributed by atoms with E-state index in [0.29, 0.717) is 26.1 Å². The smallest absolute Gasteiger partial charge is 0.222 e. The molecule has 0 spiro atoms. The topological polar surface area (TPSA) is 82.5 Å². The summed E-state index contributed by atoms with van der Waals surface area (Å²) in [5.41, 5.74) is 4.66. The van der Waals surface area contributed by atoms with Gasteiger partial charge in [0.25, 0.3) is 0 Å². The second kappa shape index (κ2) is 13.0. The predicted molar refractivity (Wildman–Crippen MR) is 149 cm³/mol. The van der Waals surface area contributed by atoms with Gasteiger partial charge in [0.15, 0.2) is 0 Å². The van der Waals surface area contributed by atoms with Crippen LogP contribution in [0.3, 0.4) is 0 Å². The second-order valence-corrected chi connectivity index (χ2v) is 9.95. The van der Waals surface area contributed by atoms with Gasteiger partial charge in [-0.25, -0.2) is 0 Å². The number of ether oxygens (including phenoxy) is 1. The van der Waals surface area contributed by atoms with E-state index in [2.05, 4.69) is 71.6 Å². The van der Waals surface area contributed by atoms with Gasteiger partial charge in [-0.1, -0.05) is 91.0 Å². The van der Waals surface area contributed by atoms with E-state index in [1.165, 1.54) is 27.5 Å². The van der Waals surface area contributed by atoms with E-state index in [0.717, 1.165) is 12.0 Å². The lowest BCUT2D eigenvalue weighted by Crippen LogP contribution is -2.46. The Morgan fingerprint density at radius 3 is 2.46 bits per heavy atom. The summed E-state index contributed by atoms with van der Waals surface area (Å²) in [6.07, 6.45) is 1.28. The first-order chi connectivity index (χ1) is 19.1. The molecule has 0 radical (unpaired) electrons. The van der Waals surface area contributed by atoms with Gasteiger partial charge < -0.3 is 9.64 Å². The minimum absolute atomic E-state index is 0.0109. The SMILES string of the molecule is O=C(CCCON(O)O)N1CC[C@H](c2cccc(-c3ccccc3)c2)[C@@H](OCc2ccc3ccccc3c2)C1. The van der Waals surface area contributed by atoms with Crippen molar-refractivity contribution in [2.24, 2.45) is 0 Å². The second-order valence-electron chi connectivity index (χ2n) is 9.95. The minimum Gasteiger partial charge on any atom is -0.371 e. The summed E-state index contributed by atoms with van der Waals surface area (Å²) in [5.74, 6) is 0.163. The van der Waals surface area contributed by atoms with Crippen molar-refractivity contribution >= 4 is 16.7 Å². The third kappa shape index (κ3) is 7.09. The van der Waals surface area contributed by atoms with Gasteiger partial charge in [0.2, 0.25) is 5.91 Å². The average Bonchev–Trinajstić information content (AvgIpc) is 2.98. The Hall–Kier alpha value is -3.59. The molecule has 1 fully saturated rings. The molecule has 7 heteroatoms. The lowest BCUT2D eigenvalue weighted by atomic mass is 9.85. The van der Waals surface area contributed by atoms with E-state index in [9.17, 15) is 4.79 Å². The average molecular weight is 527 g/mol. The lowest BCUT2D eigenvalue weighted by molar-refractivity contribution is -0.492. The Morgan fingerprint density at radius 2 is 1.64 bits per heavy atom. The highest BCUT2D eigenvalue weighted by Gasteiger charge is 2.33. The Labute approximate surface area is 228 Å². The highest BCUT2D eigenvalue weighted by molar-refractivity contribution is 5.83. The molecule has 4 aromatic carbocycles. The molecule has 1 aliphatic heterocycles. The molecular formula is C32H34N2O5. The molecule has 5 rings (SSSR count). The molecule has 202 valence electrons. The molecule has 0 saturated carbocycles.